The molecular formula is C17H27N3. The molecule has 3 rings (SSSR count). The van der Waals surface area contributed by atoms with Gasteiger partial charge in [0.05, 0.1) is 0 Å². The SMILES string of the molecule is CC1(C)CN(Cc2cccnc2)CC2(CCCCC2)N1. The van der Waals surface area contributed by atoms with E-state index in [1.807, 2.05) is 18.5 Å². The number of piperazine rings is 1. The van der Waals surface area contributed by atoms with Crippen molar-refractivity contribution in [2.24, 2.45) is 0 Å². The molecule has 1 aliphatic carbocycles. The predicted molar refractivity (Wildman–Crippen MR) is 82.5 cm³/mol. The molecule has 2 aliphatic rings. The number of hydrogen-bond acceptors (Lipinski definition) is 3. The summed E-state index contributed by atoms with van der Waals surface area (Å²) in [5.41, 5.74) is 1.89. The van der Waals surface area contributed by atoms with Crippen LogP contribution in [0.1, 0.15) is 51.5 Å². The second kappa shape index (κ2) is 5.45. The van der Waals surface area contributed by atoms with E-state index in [-0.39, 0.29) is 5.54 Å². The van der Waals surface area contributed by atoms with Crippen molar-refractivity contribution in [3.8, 4) is 0 Å². The zero-order chi connectivity index (χ0) is 14.1. The molecule has 1 saturated heterocycles. The van der Waals surface area contributed by atoms with Gasteiger partial charge in [-0.05, 0) is 38.3 Å². The summed E-state index contributed by atoms with van der Waals surface area (Å²) in [6.45, 7) is 8.02. The Hall–Kier alpha value is -0.930. The van der Waals surface area contributed by atoms with Crippen molar-refractivity contribution in [1.82, 2.24) is 15.2 Å². The van der Waals surface area contributed by atoms with Gasteiger partial charge >= 0.3 is 0 Å². The van der Waals surface area contributed by atoms with Gasteiger partial charge in [-0.1, -0.05) is 25.3 Å². The molecule has 0 unspecified atom stereocenters. The van der Waals surface area contributed by atoms with Gasteiger partial charge in [-0.25, -0.2) is 0 Å². The molecule has 0 amide bonds. The van der Waals surface area contributed by atoms with Gasteiger partial charge < -0.3 is 5.32 Å². The maximum atomic E-state index is 4.25. The number of hydrogen-bond donors (Lipinski definition) is 1. The topological polar surface area (TPSA) is 28.2 Å². The lowest BCUT2D eigenvalue weighted by atomic mass is 9.77. The minimum Gasteiger partial charge on any atom is -0.304 e. The second-order valence-electron chi connectivity index (χ2n) is 7.36. The molecule has 1 aliphatic heterocycles. The third-order valence-corrected chi connectivity index (χ3v) is 4.69. The lowest BCUT2D eigenvalue weighted by Gasteiger charge is -2.53. The molecule has 1 N–H and O–H groups in total. The Morgan fingerprint density at radius 3 is 2.70 bits per heavy atom. The number of pyridine rings is 1. The number of rotatable bonds is 2. The summed E-state index contributed by atoms with van der Waals surface area (Å²) in [4.78, 5) is 6.87. The van der Waals surface area contributed by atoms with Crippen LogP contribution >= 0.6 is 0 Å². The third kappa shape index (κ3) is 3.21. The molecule has 2 heterocycles. The standard InChI is InChI=1S/C17H27N3/c1-16(2)13-20(12-15-7-6-10-18-11-15)14-17(19-16)8-4-3-5-9-17/h6-7,10-11,19H,3-5,8-9,12-14H2,1-2H3. The minimum atomic E-state index is 0.206. The molecule has 0 bridgehead atoms. The predicted octanol–water partition coefficient (Wildman–Crippen LogP) is 2.97. The second-order valence-corrected chi connectivity index (χ2v) is 7.36. The fourth-order valence-electron chi connectivity index (χ4n) is 4.21. The molecule has 3 nitrogen and oxygen atoms in total. The highest BCUT2D eigenvalue weighted by Crippen LogP contribution is 2.34. The van der Waals surface area contributed by atoms with Crippen molar-refractivity contribution in [3.05, 3.63) is 30.1 Å². The zero-order valence-electron chi connectivity index (χ0n) is 12.9. The summed E-state index contributed by atoms with van der Waals surface area (Å²) in [6, 6.07) is 4.23. The molecule has 1 spiro atoms. The van der Waals surface area contributed by atoms with Gasteiger partial charge in [-0.2, -0.15) is 0 Å². The molecule has 3 heteroatoms. The molecule has 0 aromatic carbocycles. The monoisotopic (exact) mass is 273 g/mol. The van der Waals surface area contributed by atoms with Gasteiger partial charge in [-0.15, -0.1) is 0 Å². The summed E-state index contributed by atoms with van der Waals surface area (Å²) in [5, 5.41) is 3.97. The summed E-state index contributed by atoms with van der Waals surface area (Å²) in [5.74, 6) is 0. The van der Waals surface area contributed by atoms with Crippen molar-refractivity contribution in [2.75, 3.05) is 13.1 Å². The van der Waals surface area contributed by atoms with Crippen molar-refractivity contribution >= 4 is 0 Å². The summed E-state index contributed by atoms with van der Waals surface area (Å²) in [7, 11) is 0. The normalized spacial score (nSPS) is 25.7. The van der Waals surface area contributed by atoms with Crippen molar-refractivity contribution in [3.63, 3.8) is 0 Å². The molecule has 1 saturated carbocycles. The highest BCUT2D eigenvalue weighted by Gasteiger charge is 2.42. The first-order valence-electron chi connectivity index (χ1n) is 7.98. The van der Waals surface area contributed by atoms with E-state index in [2.05, 4.69) is 35.1 Å². The van der Waals surface area contributed by atoms with Gasteiger partial charge in [0.1, 0.15) is 0 Å². The van der Waals surface area contributed by atoms with Gasteiger partial charge in [-0.3, -0.25) is 9.88 Å². The molecule has 0 atom stereocenters. The average Bonchev–Trinajstić information content (AvgIpc) is 2.38. The van der Waals surface area contributed by atoms with E-state index in [4.69, 9.17) is 0 Å². The van der Waals surface area contributed by atoms with Crippen molar-refractivity contribution in [1.29, 1.82) is 0 Å². The van der Waals surface area contributed by atoms with Crippen LogP contribution in [0.2, 0.25) is 0 Å². The van der Waals surface area contributed by atoms with E-state index in [0.29, 0.717) is 5.54 Å². The van der Waals surface area contributed by atoms with Gasteiger partial charge in [0.2, 0.25) is 0 Å². The van der Waals surface area contributed by atoms with Crippen LogP contribution in [0.3, 0.4) is 0 Å². The summed E-state index contributed by atoms with van der Waals surface area (Å²) in [6.07, 6.45) is 10.7. The van der Waals surface area contributed by atoms with Crippen molar-refractivity contribution < 1.29 is 0 Å². The Morgan fingerprint density at radius 1 is 1.20 bits per heavy atom. The molecule has 0 radical (unpaired) electrons. The maximum absolute atomic E-state index is 4.25. The van der Waals surface area contributed by atoms with E-state index < -0.39 is 0 Å². The first-order chi connectivity index (χ1) is 9.57. The van der Waals surface area contributed by atoms with E-state index in [1.165, 1.54) is 44.2 Å². The molecule has 110 valence electrons. The van der Waals surface area contributed by atoms with E-state index in [1.54, 1.807) is 0 Å². The van der Waals surface area contributed by atoms with Crippen LogP contribution in [0, 0.1) is 0 Å². The first-order valence-corrected chi connectivity index (χ1v) is 7.98. The molecule has 20 heavy (non-hydrogen) atoms. The highest BCUT2D eigenvalue weighted by molar-refractivity contribution is 5.11. The largest absolute Gasteiger partial charge is 0.304 e. The fraction of sp³-hybridized carbons (Fsp3) is 0.706. The van der Waals surface area contributed by atoms with Gasteiger partial charge in [0.15, 0.2) is 0 Å². The molecule has 2 fully saturated rings. The van der Waals surface area contributed by atoms with Crippen LogP contribution in [-0.4, -0.2) is 34.1 Å². The smallest absolute Gasteiger partial charge is 0.0314 e. The lowest BCUT2D eigenvalue weighted by Crippen LogP contribution is -2.69. The van der Waals surface area contributed by atoms with Crippen LogP contribution in [0.5, 0.6) is 0 Å². The Labute approximate surface area is 122 Å². The van der Waals surface area contributed by atoms with E-state index >= 15 is 0 Å². The fourth-order valence-corrected chi connectivity index (χ4v) is 4.21. The van der Waals surface area contributed by atoms with Crippen LogP contribution in [-0.2, 0) is 6.54 Å². The highest BCUT2D eigenvalue weighted by atomic mass is 15.3. The lowest BCUT2D eigenvalue weighted by molar-refractivity contribution is 0.0327. The average molecular weight is 273 g/mol. The maximum Gasteiger partial charge on any atom is 0.0314 e. The zero-order valence-corrected chi connectivity index (χ0v) is 12.9. The molecule has 1 aromatic heterocycles. The van der Waals surface area contributed by atoms with Crippen LogP contribution in [0.15, 0.2) is 24.5 Å². The van der Waals surface area contributed by atoms with Gasteiger partial charge in [0, 0.05) is 43.1 Å². The van der Waals surface area contributed by atoms with Crippen LogP contribution < -0.4 is 5.32 Å². The van der Waals surface area contributed by atoms with Crippen LogP contribution in [0.4, 0.5) is 0 Å². The van der Waals surface area contributed by atoms with E-state index in [9.17, 15) is 0 Å². The number of aromatic nitrogens is 1. The number of nitrogens with one attached hydrogen (secondary N) is 1. The third-order valence-electron chi connectivity index (χ3n) is 4.69. The van der Waals surface area contributed by atoms with Crippen LogP contribution in [0.25, 0.3) is 0 Å². The summed E-state index contributed by atoms with van der Waals surface area (Å²) < 4.78 is 0. The Kier molecular flexibility index (Phi) is 3.83. The molecular weight excluding hydrogens is 246 g/mol. The first kappa shape index (κ1) is 14.0. The van der Waals surface area contributed by atoms with Crippen molar-refractivity contribution in [2.45, 2.75) is 63.6 Å². The number of nitrogens with zero attached hydrogens (tertiary/aromatic N) is 2. The summed E-state index contributed by atoms with van der Waals surface area (Å²) >= 11 is 0. The van der Waals surface area contributed by atoms with E-state index in [0.717, 1.165) is 13.1 Å². The Morgan fingerprint density at radius 2 is 2.00 bits per heavy atom. The van der Waals surface area contributed by atoms with Gasteiger partial charge in [0.25, 0.3) is 0 Å². The molecule has 1 aromatic rings. The minimum absolute atomic E-state index is 0.206. The Bertz CT molecular complexity index is 435. The quantitative estimate of drug-likeness (QED) is 0.898. The Balaban J connectivity index is 1.74.